The summed E-state index contributed by atoms with van der Waals surface area (Å²) in [5.74, 6) is -3.61. The van der Waals surface area contributed by atoms with E-state index in [1.54, 1.807) is 37.3 Å². The van der Waals surface area contributed by atoms with Crippen LogP contribution in [0.1, 0.15) is 36.6 Å². The summed E-state index contributed by atoms with van der Waals surface area (Å²) >= 11 is 0. The molecule has 1 aliphatic rings. The van der Waals surface area contributed by atoms with E-state index >= 15 is 0 Å². The van der Waals surface area contributed by atoms with Crippen molar-refractivity contribution in [2.75, 3.05) is 30.0 Å². The van der Waals surface area contributed by atoms with Gasteiger partial charge in [-0.1, -0.05) is 12.1 Å². The van der Waals surface area contributed by atoms with Crippen LogP contribution in [0.15, 0.2) is 66.2 Å². The number of methoxy groups -OCH3 is 1. The van der Waals surface area contributed by atoms with E-state index in [0.29, 0.717) is 28.5 Å². The van der Waals surface area contributed by atoms with E-state index in [2.05, 4.69) is 4.90 Å². The predicted molar refractivity (Wildman–Crippen MR) is 139 cm³/mol. The van der Waals surface area contributed by atoms with Gasteiger partial charge in [0.25, 0.3) is 11.7 Å². The lowest BCUT2D eigenvalue weighted by atomic mass is 9.93. The minimum absolute atomic E-state index is 0.183. The lowest BCUT2D eigenvalue weighted by Gasteiger charge is -2.27. The van der Waals surface area contributed by atoms with Crippen molar-refractivity contribution in [1.29, 1.82) is 0 Å². The van der Waals surface area contributed by atoms with Crippen molar-refractivity contribution >= 4 is 28.8 Å². The van der Waals surface area contributed by atoms with Gasteiger partial charge < -0.3 is 14.7 Å². The van der Waals surface area contributed by atoms with Crippen LogP contribution in [-0.4, -0.2) is 37.0 Å². The maximum Gasteiger partial charge on any atom is 0.300 e. The van der Waals surface area contributed by atoms with Crippen molar-refractivity contribution in [1.82, 2.24) is 0 Å². The van der Waals surface area contributed by atoms with Crippen LogP contribution in [0.2, 0.25) is 0 Å². The summed E-state index contributed by atoms with van der Waals surface area (Å²) in [6, 6.07) is 13.8. The molecule has 1 heterocycles. The molecule has 3 aromatic carbocycles. The van der Waals surface area contributed by atoms with Gasteiger partial charge >= 0.3 is 0 Å². The largest absolute Gasteiger partial charge is 0.507 e. The molecule has 1 aliphatic heterocycles. The predicted octanol–water partition coefficient (Wildman–Crippen LogP) is 5.75. The molecule has 0 radical (unpaired) electrons. The Balaban J connectivity index is 1.94. The number of carbonyl (C=O) groups is 2. The Morgan fingerprint density at radius 1 is 1.00 bits per heavy atom. The van der Waals surface area contributed by atoms with Crippen LogP contribution in [0.5, 0.6) is 5.75 Å². The van der Waals surface area contributed by atoms with Gasteiger partial charge in [-0.05, 0) is 74.4 Å². The summed E-state index contributed by atoms with van der Waals surface area (Å²) in [6.45, 7) is 7.36. The summed E-state index contributed by atoms with van der Waals surface area (Å²) < 4.78 is 33.8. The maximum absolute atomic E-state index is 14.9. The summed E-state index contributed by atoms with van der Waals surface area (Å²) in [6.07, 6.45) is 0. The molecule has 1 atom stereocenters. The number of halogens is 2. The minimum atomic E-state index is -1.13. The molecule has 0 spiro atoms. The second kappa shape index (κ2) is 10.4. The van der Waals surface area contributed by atoms with Crippen LogP contribution < -0.4 is 14.5 Å². The van der Waals surface area contributed by atoms with Crippen molar-refractivity contribution in [3.8, 4) is 5.75 Å². The summed E-state index contributed by atoms with van der Waals surface area (Å²) in [5, 5.41) is 11.4. The molecule has 4 rings (SSSR count). The number of aliphatic hydroxyl groups is 1. The highest BCUT2D eigenvalue weighted by molar-refractivity contribution is 6.51. The summed E-state index contributed by atoms with van der Waals surface area (Å²) in [5.41, 5.74) is 1.94. The number of hydrogen-bond acceptors (Lipinski definition) is 5. The molecular weight excluding hydrogens is 478 g/mol. The van der Waals surface area contributed by atoms with E-state index < -0.39 is 29.4 Å². The molecule has 3 aromatic rings. The number of carbonyl (C=O) groups excluding carboxylic acids is 2. The minimum Gasteiger partial charge on any atom is -0.507 e. The monoisotopic (exact) mass is 506 g/mol. The lowest BCUT2D eigenvalue weighted by Crippen LogP contribution is -2.30. The number of ether oxygens (including phenoxy) is 1. The first-order valence-corrected chi connectivity index (χ1v) is 12.0. The van der Waals surface area contributed by atoms with Gasteiger partial charge in [-0.3, -0.25) is 14.5 Å². The number of anilines is 2. The van der Waals surface area contributed by atoms with E-state index in [1.807, 2.05) is 26.0 Å². The third-order valence-corrected chi connectivity index (χ3v) is 6.64. The Bertz CT molecular complexity index is 1380. The van der Waals surface area contributed by atoms with Crippen LogP contribution in [0.4, 0.5) is 20.2 Å². The molecule has 6 nitrogen and oxygen atoms in total. The number of Topliss-reactive ketones (excluding diaryl/α,β-unsaturated/α-hetero) is 1. The molecule has 37 heavy (non-hydrogen) atoms. The zero-order chi connectivity index (χ0) is 26.9. The molecule has 1 amide bonds. The van der Waals surface area contributed by atoms with E-state index in [-0.39, 0.29) is 17.0 Å². The van der Waals surface area contributed by atoms with Gasteiger partial charge in [0.2, 0.25) is 0 Å². The fourth-order valence-corrected chi connectivity index (χ4v) is 4.70. The van der Waals surface area contributed by atoms with Gasteiger partial charge in [0.05, 0.1) is 24.4 Å². The van der Waals surface area contributed by atoms with Gasteiger partial charge in [-0.15, -0.1) is 0 Å². The van der Waals surface area contributed by atoms with Gasteiger partial charge in [0.15, 0.2) is 0 Å². The molecule has 8 heteroatoms. The first kappa shape index (κ1) is 25.9. The highest BCUT2D eigenvalue weighted by atomic mass is 19.1. The topological polar surface area (TPSA) is 70.1 Å². The molecule has 1 saturated heterocycles. The molecule has 0 bridgehead atoms. The van der Waals surface area contributed by atoms with E-state index in [1.165, 1.54) is 7.11 Å². The standard InChI is InChI=1S/C29H28F2N2O4/c1-5-32(6-2)20-10-7-18(8-11-20)26-25(27(34)22-13-12-21(37-4)15-17(22)3)28(35)29(36)33(26)24-14-9-19(30)16-23(24)31/h7-16,26,34H,5-6H2,1-4H3/b27-25+. The van der Waals surface area contributed by atoms with E-state index in [0.717, 1.165) is 35.8 Å². The number of aliphatic hydroxyl groups excluding tert-OH is 1. The Morgan fingerprint density at radius 3 is 2.24 bits per heavy atom. The van der Waals surface area contributed by atoms with Crippen molar-refractivity contribution < 1.29 is 28.2 Å². The van der Waals surface area contributed by atoms with Gasteiger partial charge in [0.1, 0.15) is 23.1 Å². The average Bonchev–Trinajstić information content (AvgIpc) is 3.15. The highest BCUT2D eigenvalue weighted by Gasteiger charge is 2.47. The lowest BCUT2D eigenvalue weighted by molar-refractivity contribution is -0.132. The number of aryl methyl sites for hydroxylation is 1. The second-order valence-corrected chi connectivity index (χ2v) is 8.71. The first-order valence-electron chi connectivity index (χ1n) is 12.0. The Labute approximate surface area is 214 Å². The number of benzene rings is 3. The first-order chi connectivity index (χ1) is 17.7. The van der Waals surface area contributed by atoms with Crippen molar-refractivity contribution in [2.24, 2.45) is 0 Å². The third-order valence-electron chi connectivity index (χ3n) is 6.64. The summed E-state index contributed by atoms with van der Waals surface area (Å²) in [4.78, 5) is 29.7. The zero-order valence-electron chi connectivity index (χ0n) is 21.1. The number of ketones is 1. The molecule has 1 fully saturated rings. The maximum atomic E-state index is 14.9. The van der Waals surface area contributed by atoms with E-state index in [9.17, 15) is 23.5 Å². The smallest absolute Gasteiger partial charge is 0.300 e. The van der Waals surface area contributed by atoms with Gasteiger partial charge in [-0.25, -0.2) is 8.78 Å². The average molecular weight is 507 g/mol. The fraction of sp³-hybridized carbons (Fsp3) is 0.241. The molecule has 192 valence electrons. The van der Waals surface area contributed by atoms with Crippen LogP contribution in [-0.2, 0) is 9.59 Å². The van der Waals surface area contributed by atoms with Crippen LogP contribution in [0, 0.1) is 18.6 Å². The Hall–Kier alpha value is -4.20. The SMILES string of the molecule is CCN(CC)c1ccc(C2/C(=C(\O)c3ccc(OC)cc3C)C(=O)C(=O)N2c2ccc(F)cc2F)cc1. The number of rotatable bonds is 7. The van der Waals surface area contributed by atoms with Crippen LogP contribution in [0.25, 0.3) is 5.76 Å². The van der Waals surface area contributed by atoms with Crippen molar-refractivity contribution in [2.45, 2.75) is 26.8 Å². The molecule has 0 aromatic heterocycles. The molecule has 0 aliphatic carbocycles. The van der Waals surface area contributed by atoms with Crippen molar-refractivity contribution in [3.05, 3.63) is 94.6 Å². The number of amides is 1. The Morgan fingerprint density at radius 2 is 1.68 bits per heavy atom. The number of hydrogen-bond donors (Lipinski definition) is 1. The normalized spacial score (nSPS) is 16.8. The summed E-state index contributed by atoms with van der Waals surface area (Å²) in [7, 11) is 1.51. The third kappa shape index (κ3) is 4.67. The van der Waals surface area contributed by atoms with Gasteiger partial charge in [-0.2, -0.15) is 0 Å². The molecule has 1 unspecified atom stereocenters. The molecule has 0 saturated carbocycles. The Kier molecular flexibility index (Phi) is 7.29. The number of nitrogens with zero attached hydrogens (tertiary/aromatic N) is 2. The van der Waals surface area contributed by atoms with Crippen LogP contribution >= 0.6 is 0 Å². The molecular formula is C29H28F2N2O4. The van der Waals surface area contributed by atoms with Crippen LogP contribution in [0.3, 0.4) is 0 Å². The van der Waals surface area contributed by atoms with Crippen molar-refractivity contribution in [3.63, 3.8) is 0 Å². The van der Waals surface area contributed by atoms with E-state index in [4.69, 9.17) is 4.74 Å². The fourth-order valence-electron chi connectivity index (χ4n) is 4.70. The molecule has 1 N–H and O–H groups in total. The second-order valence-electron chi connectivity index (χ2n) is 8.71. The quantitative estimate of drug-likeness (QED) is 0.251. The van der Waals surface area contributed by atoms with Gasteiger partial charge in [0, 0.05) is 30.4 Å². The highest BCUT2D eigenvalue weighted by Crippen LogP contribution is 2.43. The zero-order valence-corrected chi connectivity index (χ0v) is 21.1.